The average molecular weight is 361 g/mol. The number of hydrogen-bond donors (Lipinski definition) is 0. The minimum atomic E-state index is -0.448. The minimum Gasteiger partial charge on any atom is -0.333 e. The van der Waals surface area contributed by atoms with E-state index >= 15 is 0 Å². The maximum atomic E-state index is 10.8. The average Bonchev–Trinajstić information content (AvgIpc) is 3.27. The molecule has 0 spiro atoms. The van der Waals surface area contributed by atoms with Crippen LogP contribution in [0.3, 0.4) is 0 Å². The third-order valence-corrected chi connectivity index (χ3v) is 4.27. The third kappa shape index (κ3) is 2.97. The zero-order chi connectivity index (χ0) is 19.0. The van der Waals surface area contributed by atoms with Crippen LogP contribution in [0.15, 0.2) is 59.1 Å². The summed E-state index contributed by atoms with van der Waals surface area (Å²) in [5, 5.41) is 19.4. The Hall–Kier alpha value is -3.81. The minimum absolute atomic E-state index is 0.0123. The van der Waals surface area contributed by atoms with Crippen LogP contribution in [0.25, 0.3) is 28.5 Å². The first-order valence-electron chi connectivity index (χ1n) is 8.25. The molecule has 0 aliphatic rings. The summed E-state index contributed by atoms with van der Waals surface area (Å²) in [6.45, 7) is 3.83. The Morgan fingerprint density at radius 1 is 1.04 bits per heavy atom. The fraction of sp³-hybridized carbons (Fsp3) is 0.105. The van der Waals surface area contributed by atoms with Crippen molar-refractivity contribution in [2.75, 3.05) is 0 Å². The number of hydrogen-bond acceptors (Lipinski definition) is 6. The third-order valence-electron chi connectivity index (χ3n) is 4.27. The van der Waals surface area contributed by atoms with Crippen LogP contribution in [0.1, 0.15) is 11.4 Å². The van der Waals surface area contributed by atoms with E-state index in [2.05, 4.69) is 15.2 Å². The lowest BCUT2D eigenvalue weighted by atomic mass is 10.2. The van der Waals surface area contributed by atoms with E-state index in [9.17, 15) is 10.1 Å². The molecule has 8 heteroatoms. The topological polar surface area (TPSA) is 99.9 Å². The van der Waals surface area contributed by atoms with Gasteiger partial charge in [0, 0.05) is 17.7 Å². The van der Waals surface area contributed by atoms with Crippen LogP contribution < -0.4 is 0 Å². The molecule has 2 aromatic carbocycles. The highest BCUT2D eigenvalue weighted by Crippen LogP contribution is 2.29. The number of benzene rings is 2. The molecule has 0 amide bonds. The second-order valence-electron chi connectivity index (χ2n) is 6.02. The molecule has 2 heterocycles. The first-order chi connectivity index (χ1) is 13.0. The number of para-hydroxylation sites is 1. The molecule has 0 saturated carbocycles. The van der Waals surface area contributed by atoms with Gasteiger partial charge in [-0.15, -0.1) is 0 Å². The summed E-state index contributed by atoms with van der Waals surface area (Å²) in [7, 11) is 0. The van der Waals surface area contributed by atoms with Gasteiger partial charge in [-0.3, -0.25) is 10.1 Å². The van der Waals surface area contributed by atoms with E-state index in [-0.39, 0.29) is 5.69 Å². The van der Waals surface area contributed by atoms with Gasteiger partial charge in [-0.05, 0) is 38.1 Å². The highest BCUT2D eigenvalue weighted by atomic mass is 16.6. The Labute approximate surface area is 154 Å². The van der Waals surface area contributed by atoms with Gasteiger partial charge in [-0.1, -0.05) is 23.4 Å². The van der Waals surface area contributed by atoms with Crippen molar-refractivity contribution >= 4 is 5.69 Å². The Morgan fingerprint density at radius 3 is 2.41 bits per heavy atom. The second-order valence-corrected chi connectivity index (χ2v) is 6.02. The van der Waals surface area contributed by atoms with Crippen molar-refractivity contribution < 1.29 is 9.45 Å². The van der Waals surface area contributed by atoms with Crippen molar-refractivity contribution in [3.8, 4) is 28.5 Å². The molecule has 4 rings (SSSR count). The van der Waals surface area contributed by atoms with Crippen LogP contribution in [-0.4, -0.2) is 24.8 Å². The quantitative estimate of drug-likeness (QED) is 0.400. The van der Waals surface area contributed by atoms with Gasteiger partial charge in [0.05, 0.1) is 27.6 Å². The van der Waals surface area contributed by atoms with Gasteiger partial charge in [0.2, 0.25) is 5.82 Å². The predicted octanol–water partition coefficient (Wildman–Crippen LogP) is 4.11. The highest BCUT2D eigenvalue weighted by molar-refractivity contribution is 5.64. The molecule has 0 aliphatic heterocycles. The molecule has 0 aliphatic carbocycles. The van der Waals surface area contributed by atoms with Crippen LogP contribution >= 0.6 is 0 Å². The lowest BCUT2D eigenvalue weighted by Crippen LogP contribution is -1.98. The maximum Gasteiger partial charge on any atom is 0.269 e. The molecule has 0 atom stereocenters. The highest BCUT2D eigenvalue weighted by Gasteiger charge is 2.20. The number of non-ortho nitro benzene ring substituents is 1. The van der Waals surface area contributed by atoms with E-state index < -0.39 is 4.92 Å². The molecule has 134 valence electrons. The SMILES string of the molecule is Cc1nn(-c2ccccc2)c(C)c1-c1nc(-c2ccc([N+](=O)[O-])cc2)no1. The van der Waals surface area contributed by atoms with Crippen LogP contribution in [0, 0.1) is 24.0 Å². The molecule has 0 radical (unpaired) electrons. The standard InChI is InChI=1S/C19H15N5O3/c1-12-17(13(2)23(21-12)15-6-4-3-5-7-15)19-20-18(22-27-19)14-8-10-16(11-9-14)24(25)26/h3-11H,1-2H3. The van der Waals surface area contributed by atoms with Gasteiger partial charge >= 0.3 is 0 Å². The molecule has 0 bridgehead atoms. The van der Waals surface area contributed by atoms with E-state index in [1.54, 1.807) is 12.1 Å². The molecule has 0 saturated heterocycles. The molecule has 27 heavy (non-hydrogen) atoms. The van der Waals surface area contributed by atoms with Gasteiger partial charge in [0.25, 0.3) is 11.6 Å². The molecule has 0 N–H and O–H groups in total. The van der Waals surface area contributed by atoms with Crippen molar-refractivity contribution in [1.82, 2.24) is 19.9 Å². The van der Waals surface area contributed by atoms with Crippen molar-refractivity contribution in [3.05, 3.63) is 76.1 Å². The molecule has 8 nitrogen and oxygen atoms in total. The summed E-state index contributed by atoms with van der Waals surface area (Å²) >= 11 is 0. The smallest absolute Gasteiger partial charge is 0.269 e. The van der Waals surface area contributed by atoms with Gasteiger partial charge in [0.15, 0.2) is 0 Å². The number of nitro benzene ring substituents is 1. The Bertz CT molecular complexity index is 1110. The number of nitro groups is 1. The van der Waals surface area contributed by atoms with E-state index in [1.807, 2.05) is 48.9 Å². The van der Waals surface area contributed by atoms with Gasteiger partial charge in [0.1, 0.15) is 0 Å². The summed E-state index contributed by atoms with van der Waals surface area (Å²) < 4.78 is 7.28. The summed E-state index contributed by atoms with van der Waals surface area (Å²) in [6, 6.07) is 15.8. The van der Waals surface area contributed by atoms with Crippen LogP contribution in [-0.2, 0) is 0 Å². The van der Waals surface area contributed by atoms with Crippen LogP contribution in [0.4, 0.5) is 5.69 Å². The molecular weight excluding hydrogens is 346 g/mol. The fourth-order valence-electron chi connectivity index (χ4n) is 2.95. The number of rotatable bonds is 4. The van der Waals surface area contributed by atoms with E-state index in [0.717, 1.165) is 22.6 Å². The zero-order valence-electron chi connectivity index (χ0n) is 14.7. The monoisotopic (exact) mass is 361 g/mol. The van der Waals surface area contributed by atoms with Gasteiger partial charge in [-0.2, -0.15) is 10.1 Å². The maximum absolute atomic E-state index is 10.8. The number of aromatic nitrogens is 4. The van der Waals surface area contributed by atoms with Crippen LogP contribution in [0.5, 0.6) is 0 Å². The molecule has 4 aromatic rings. The van der Waals surface area contributed by atoms with E-state index in [1.165, 1.54) is 12.1 Å². The molecule has 0 unspecified atom stereocenters. The van der Waals surface area contributed by atoms with E-state index in [4.69, 9.17) is 4.52 Å². The van der Waals surface area contributed by atoms with Crippen LogP contribution in [0.2, 0.25) is 0 Å². The van der Waals surface area contributed by atoms with Gasteiger partial charge < -0.3 is 4.52 Å². The summed E-state index contributed by atoms with van der Waals surface area (Å²) in [6.07, 6.45) is 0. The Kier molecular flexibility index (Phi) is 4.00. The number of aryl methyl sites for hydroxylation is 1. The largest absolute Gasteiger partial charge is 0.333 e. The summed E-state index contributed by atoms with van der Waals surface area (Å²) in [4.78, 5) is 14.8. The first kappa shape index (κ1) is 16.6. The Balaban J connectivity index is 1.72. The molecule has 0 fully saturated rings. The fourth-order valence-corrected chi connectivity index (χ4v) is 2.95. The van der Waals surface area contributed by atoms with Crippen molar-refractivity contribution in [2.24, 2.45) is 0 Å². The van der Waals surface area contributed by atoms with Crippen molar-refractivity contribution in [3.63, 3.8) is 0 Å². The Morgan fingerprint density at radius 2 is 1.74 bits per heavy atom. The predicted molar refractivity (Wildman–Crippen MR) is 98.4 cm³/mol. The zero-order valence-corrected chi connectivity index (χ0v) is 14.7. The first-order valence-corrected chi connectivity index (χ1v) is 8.25. The molecule has 2 aromatic heterocycles. The summed E-state index contributed by atoms with van der Waals surface area (Å²) in [5.41, 5.74) is 4.03. The van der Waals surface area contributed by atoms with Gasteiger partial charge in [-0.25, -0.2) is 4.68 Å². The number of nitrogens with zero attached hydrogens (tertiary/aromatic N) is 5. The lowest BCUT2D eigenvalue weighted by molar-refractivity contribution is -0.384. The summed E-state index contributed by atoms with van der Waals surface area (Å²) in [5.74, 6) is 0.728. The molecular formula is C19H15N5O3. The normalized spacial score (nSPS) is 10.9. The van der Waals surface area contributed by atoms with E-state index in [0.29, 0.717) is 17.3 Å². The van der Waals surface area contributed by atoms with Crippen molar-refractivity contribution in [2.45, 2.75) is 13.8 Å². The second kappa shape index (κ2) is 6.49. The van der Waals surface area contributed by atoms with Crippen molar-refractivity contribution in [1.29, 1.82) is 0 Å². The lowest BCUT2D eigenvalue weighted by Gasteiger charge is -2.03.